The molecular weight excluding hydrogens is 666 g/mol. The van der Waals surface area contributed by atoms with Gasteiger partial charge in [0, 0.05) is 78.4 Å². The minimum Gasteiger partial charge on any atom is -0.497 e. The molecule has 4 heterocycles. The minimum atomic E-state index is -0.274. The number of fused-ring (bicyclic) bond motifs is 3. The average Bonchev–Trinajstić information content (AvgIpc) is 3.59. The number of aromatic nitrogens is 5. The summed E-state index contributed by atoms with van der Waals surface area (Å²) >= 11 is 6.89. The summed E-state index contributed by atoms with van der Waals surface area (Å²) < 4.78 is 13.1. The number of anilines is 4. The van der Waals surface area contributed by atoms with Gasteiger partial charge in [0.1, 0.15) is 17.3 Å². The molecule has 1 amide bonds. The van der Waals surface area contributed by atoms with E-state index in [4.69, 9.17) is 26.1 Å². The van der Waals surface area contributed by atoms with Crippen molar-refractivity contribution in [2.45, 2.75) is 13.3 Å². The Kier molecular flexibility index (Phi) is 9.69. The minimum absolute atomic E-state index is 0.274. The maximum absolute atomic E-state index is 11.8. The number of carbonyl (C=O) groups excluding carboxylic acids is 1. The van der Waals surface area contributed by atoms with Gasteiger partial charge in [-0.05, 0) is 66.7 Å². The third-order valence-electron chi connectivity index (χ3n) is 9.11. The van der Waals surface area contributed by atoms with E-state index in [0.29, 0.717) is 62.8 Å². The van der Waals surface area contributed by atoms with Crippen molar-refractivity contribution in [3.63, 3.8) is 0 Å². The Balaban J connectivity index is 1.27. The molecule has 0 bridgehead atoms. The molecule has 0 atom stereocenters. The summed E-state index contributed by atoms with van der Waals surface area (Å²) in [7, 11) is 3.16. The molecule has 0 spiro atoms. The lowest BCUT2D eigenvalue weighted by atomic mass is 10.0. The normalized spacial score (nSPS) is 13.4. The number of halogens is 1. The van der Waals surface area contributed by atoms with Crippen molar-refractivity contribution in [1.29, 1.82) is 0 Å². The second-order valence-electron chi connectivity index (χ2n) is 12.2. The van der Waals surface area contributed by atoms with Gasteiger partial charge in [-0.3, -0.25) is 9.20 Å². The molecule has 12 nitrogen and oxygen atoms in total. The Bertz CT molecular complexity index is 2210. The van der Waals surface area contributed by atoms with Crippen LogP contribution in [-0.4, -0.2) is 82.3 Å². The number of nitrogens with one attached hydrogen (secondary N) is 2. The smallest absolute Gasteiger partial charge is 0.247 e. The highest BCUT2D eigenvalue weighted by Gasteiger charge is 2.22. The maximum Gasteiger partial charge on any atom is 0.247 e. The molecule has 13 heteroatoms. The van der Waals surface area contributed by atoms with E-state index in [1.807, 2.05) is 40.8 Å². The molecule has 3 aromatic carbocycles. The maximum atomic E-state index is 11.8. The van der Waals surface area contributed by atoms with Gasteiger partial charge in [-0.1, -0.05) is 37.2 Å². The molecule has 51 heavy (non-hydrogen) atoms. The van der Waals surface area contributed by atoms with Crippen LogP contribution in [0.4, 0.5) is 23.0 Å². The van der Waals surface area contributed by atoms with Crippen LogP contribution >= 0.6 is 11.6 Å². The van der Waals surface area contributed by atoms with Crippen LogP contribution in [0.15, 0.2) is 85.6 Å². The molecule has 0 saturated carbocycles. The van der Waals surface area contributed by atoms with Gasteiger partial charge >= 0.3 is 0 Å². The van der Waals surface area contributed by atoms with Crippen LogP contribution in [0.2, 0.25) is 5.02 Å². The standard InChI is InChI=1S/C38H38ClN9O3/c1-5-34(49)41-26-9-7-24(8-10-26)19-33-44-45-37-31(30-21-29(50-3)22-32(51-4)35(30)39)20-25-23-40-38(43-36(25)48(33)37)42-27-11-13-28(14-12-27)47-17-15-46(6-2)16-18-47/h5,7-14,20-23H,1,6,15-19H2,2-4H3,(H,41,49)(H,40,42,43). The number of piperazine rings is 1. The van der Waals surface area contributed by atoms with E-state index in [2.05, 4.69) is 73.4 Å². The van der Waals surface area contributed by atoms with Gasteiger partial charge in [-0.2, -0.15) is 4.98 Å². The highest BCUT2D eigenvalue weighted by Crippen LogP contribution is 2.41. The van der Waals surface area contributed by atoms with Gasteiger partial charge in [0.05, 0.1) is 19.2 Å². The molecule has 2 N–H and O–H groups in total. The Morgan fingerprint density at radius 2 is 1.67 bits per heavy atom. The summed E-state index contributed by atoms with van der Waals surface area (Å²) in [6.45, 7) is 11.0. The summed E-state index contributed by atoms with van der Waals surface area (Å²) in [4.78, 5) is 26.4. The zero-order valence-electron chi connectivity index (χ0n) is 28.7. The Labute approximate surface area is 300 Å². The predicted molar refractivity (Wildman–Crippen MR) is 202 cm³/mol. The first-order valence-corrected chi connectivity index (χ1v) is 17.1. The Hall–Kier alpha value is -5.72. The lowest BCUT2D eigenvalue weighted by molar-refractivity contribution is -0.111. The zero-order chi connectivity index (χ0) is 35.5. The summed E-state index contributed by atoms with van der Waals surface area (Å²) in [6, 6.07) is 21.5. The number of hydrogen-bond acceptors (Lipinski definition) is 10. The first-order valence-electron chi connectivity index (χ1n) is 16.7. The van der Waals surface area contributed by atoms with Crippen molar-refractivity contribution < 1.29 is 14.3 Å². The fourth-order valence-corrected chi connectivity index (χ4v) is 6.58. The van der Waals surface area contributed by atoms with Gasteiger partial charge in [0.25, 0.3) is 0 Å². The lowest BCUT2D eigenvalue weighted by Gasteiger charge is -2.35. The zero-order valence-corrected chi connectivity index (χ0v) is 29.4. The van der Waals surface area contributed by atoms with Gasteiger partial charge in [-0.25, -0.2) is 4.98 Å². The fourth-order valence-electron chi connectivity index (χ4n) is 6.29. The number of amides is 1. The van der Waals surface area contributed by atoms with E-state index in [1.165, 1.54) is 11.8 Å². The summed E-state index contributed by atoms with van der Waals surface area (Å²) in [5.74, 6) is 1.87. The van der Waals surface area contributed by atoms with Crippen molar-refractivity contribution in [3.05, 3.63) is 102 Å². The number of carbonyl (C=O) groups is 1. The molecule has 7 rings (SSSR count). The predicted octanol–water partition coefficient (Wildman–Crippen LogP) is 6.61. The van der Waals surface area contributed by atoms with Crippen LogP contribution in [-0.2, 0) is 11.2 Å². The van der Waals surface area contributed by atoms with Crippen LogP contribution in [0.1, 0.15) is 18.3 Å². The third-order valence-corrected chi connectivity index (χ3v) is 9.50. The topological polar surface area (TPSA) is 122 Å². The SMILES string of the molecule is C=CC(=O)Nc1ccc(Cc2nnc3c(-c4cc(OC)cc(OC)c4Cl)cc4cnc(Nc5ccc(N6CCN(CC)CC6)cc5)nc4n23)cc1. The van der Waals surface area contributed by atoms with Crippen molar-refractivity contribution in [1.82, 2.24) is 29.5 Å². The van der Waals surface area contributed by atoms with Crippen molar-refractivity contribution in [2.24, 2.45) is 0 Å². The fraction of sp³-hybridized carbons (Fsp3) is 0.237. The first-order chi connectivity index (χ1) is 24.9. The molecular formula is C38H38ClN9O3. The lowest BCUT2D eigenvalue weighted by Crippen LogP contribution is -2.46. The molecule has 3 aromatic heterocycles. The van der Waals surface area contributed by atoms with Crippen LogP contribution in [0, 0.1) is 0 Å². The number of likely N-dealkylation sites (N-methyl/N-ethyl adjacent to an activating group) is 1. The Morgan fingerprint density at radius 1 is 0.922 bits per heavy atom. The monoisotopic (exact) mass is 703 g/mol. The highest BCUT2D eigenvalue weighted by molar-refractivity contribution is 6.35. The van der Waals surface area contributed by atoms with Crippen molar-refractivity contribution in [2.75, 3.05) is 62.5 Å². The number of hydrogen-bond donors (Lipinski definition) is 2. The number of pyridine rings is 1. The molecule has 6 aromatic rings. The number of ether oxygens (including phenoxy) is 2. The van der Waals surface area contributed by atoms with Crippen molar-refractivity contribution >= 4 is 57.2 Å². The largest absolute Gasteiger partial charge is 0.497 e. The second-order valence-corrected chi connectivity index (χ2v) is 12.5. The molecule has 0 unspecified atom stereocenters. The Morgan fingerprint density at radius 3 is 2.35 bits per heavy atom. The van der Waals surface area contributed by atoms with E-state index in [1.54, 1.807) is 26.5 Å². The molecule has 1 saturated heterocycles. The quantitative estimate of drug-likeness (QED) is 0.143. The van der Waals surface area contributed by atoms with Gasteiger partial charge in [0.2, 0.25) is 11.9 Å². The number of benzene rings is 3. The molecule has 0 aliphatic carbocycles. The number of rotatable bonds is 11. The van der Waals surface area contributed by atoms with E-state index >= 15 is 0 Å². The van der Waals surface area contributed by atoms with Crippen LogP contribution in [0.3, 0.4) is 0 Å². The van der Waals surface area contributed by atoms with Gasteiger partial charge in [-0.15, -0.1) is 10.2 Å². The van der Waals surface area contributed by atoms with E-state index in [-0.39, 0.29) is 5.91 Å². The number of methoxy groups -OCH3 is 2. The van der Waals surface area contributed by atoms with Crippen LogP contribution < -0.4 is 25.0 Å². The average molecular weight is 704 g/mol. The number of nitrogens with zero attached hydrogens (tertiary/aromatic N) is 7. The van der Waals surface area contributed by atoms with Gasteiger partial charge in [0.15, 0.2) is 11.3 Å². The van der Waals surface area contributed by atoms with E-state index < -0.39 is 0 Å². The second kappa shape index (κ2) is 14.6. The molecule has 0 radical (unpaired) electrons. The summed E-state index contributed by atoms with van der Waals surface area (Å²) in [5, 5.41) is 16.6. The van der Waals surface area contributed by atoms with E-state index in [9.17, 15) is 4.79 Å². The molecule has 260 valence electrons. The van der Waals surface area contributed by atoms with Gasteiger partial charge < -0.3 is 29.9 Å². The molecule has 1 aliphatic heterocycles. The van der Waals surface area contributed by atoms with E-state index in [0.717, 1.165) is 49.4 Å². The summed E-state index contributed by atoms with van der Waals surface area (Å²) in [6.07, 6.45) is 3.45. The first kappa shape index (κ1) is 33.8. The molecule has 1 aliphatic rings. The highest BCUT2D eigenvalue weighted by atomic mass is 35.5. The molecule has 1 fully saturated rings. The van der Waals surface area contributed by atoms with Crippen molar-refractivity contribution in [3.8, 4) is 22.6 Å². The van der Waals surface area contributed by atoms with Crippen LogP contribution in [0.25, 0.3) is 27.8 Å². The van der Waals surface area contributed by atoms with Crippen LogP contribution in [0.5, 0.6) is 11.5 Å². The third kappa shape index (κ3) is 7.01. The summed E-state index contributed by atoms with van der Waals surface area (Å²) in [5.41, 5.74) is 6.26.